The molecule has 2 aromatic rings. The molecule has 0 bridgehead atoms. The first-order valence-corrected chi connectivity index (χ1v) is 8.15. The first-order chi connectivity index (χ1) is 9.25. The molecule has 3 nitrogen and oxygen atoms in total. The Balaban J connectivity index is 1.65. The van der Waals surface area contributed by atoms with Crippen LogP contribution in [0.1, 0.15) is 21.6 Å². The molecule has 2 rings (SSSR count). The highest BCUT2D eigenvalue weighted by Crippen LogP contribution is 2.14. The van der Waals surface area contributed by atoms with Crippen LogP contribution < -0.4 is 5.32 Å². The number of nitrogens with one attached hydrogen (secondary N) is 1. The first kappa shape index (κ1) is 14.1. The largest absolute Gasteiger partial charge is 0.351 e. The van der Waals surface area contributed by atoms with Gasteiger partial charge in [-0.2, -0.15) is 23.1 Å². The molecule has 0 aliphatic rings. The van der Waals surface area contributed by atoms with Crippen LogP contribution in [0.25, 0.3) is 0 Å². The van der Waals surface area contributed by atoms with Gasteiger partial charge < -0.3 is 5.32 Å². The van der Waals surface area contributed by atoms with E-state index in [-0.39, 0.29) is 5.91 Å². The van der Waals surface area contributed by atoms with E-state index < -0.39 is 0 Å². The van der Waals surface area contributed by atoms with Gasteiger partial charge in [-0.1, -0.05) is 0 Å². The number of nitrogens with zero attached hydrogens (tertiary/aromatic N) is 1. The summed E-state index contributed by atoms with van der Waals surface area (Å²) in [4.78, 5) is 15.9. The van der Waals surface area contributed by atoms with Gasteiger partial charge in [0.15, 0.2) is 0 Å². The maximum Gasteiger partial charge on any atom is 0.252 e. The molecule has 0 radical (unpaired) electrons. The Hall–Kier alpha value is -1.33. The number of aromatic nitrogens is 1. The minimum atomic E-state index is -0.0522. The Morgan fingerprint density at radius 2 is 2.32 bits per heavy atom. The molecule has 2 aromatic heterocycles. The summed E-state index contributed by atoms with van der Waals surface area (Å²) in [5, 5.41) is 7.14. The Kier molecular flexibility index (Phi) is 5.42. The number of thiophene rings is 1. The molecule has 0 aliphatic carbocycles. The number of rotatable bonds is 6. The summed E-state index contributed by atoms with van der Waals surface area (Å²) < 4.78 is 0. The van der Waals surface area contributed by atoms with E-state index in [4.69, 9.17) is 0 Å². The number of carbonyl (C=O) groups excluding carboxylic acids is 1. The van der Waals surface area contributed by atoms with Gasteiger partial charge in [-0.05, 0) is 41.4 Å². The maximum atomic E-state index is 11.8. The minimum Gasteiger partial charge on any atom is -0.351 e. The summed E-state index contributed by atoms with van der Waals surface area (Å²) >= 11 is 3.54. The predicted molar refractivity (Wildman–Crippen MR) is 81.8 cm³/mol. The topological polar surface area (TPSA) is 42.0 Å². The van der Waals surface area contributed by atoms with E-state index in [0.717, 1.165) is 17.2 Å². The Bertz CT molecular complexity index is 509. The molecule has 0 aliphatic heterocycles. The van der Waals surface area contributed by atoms with Crippen LogP contribution in [0.5, 0.6) is 0 Å². The van der Waals surface area contributed by atoms with E-state index in [2.05, 4.69) is 27.1 Å². The van der Waals surface area contributed by atoms with Crippen molar-refractivity contribution in [2.45, 2.75) is 12.7 Å². The molecule has 0 atom stereocenters. The summed E-state index contributed by atoms with van der Waals surface area (Å²) in [7, 11) is 0. The summed E-state index contributed by atoms with van der Waals surface area (Å²) in [5.41, 5.74) is 2.89. The van der Waals surface area contributed by atoms with Gasteiger partial charge in [-0.15, -0.1) is 0 Å². The molecule has 1 N–H and O–H groups in total. The van der Waals surface area contributed by atoms with E-state index in [0.29, 0.717) is 12.1 Å². The molecular weight excluding hydrogens is 276 g/mol. The van der Waals surface area contributed by atoms with Gasteiger partial charge in [0.25, 0.3) is 5.91 Å². The second-order valence-corrected chi connectivity index (χ2v) is 6.01. The fourth-order valence-corrected chi connectivity index (χ4v) is 3.09. The predicted octanol–water partition coefficient (Wildman–Crippen LogP) is 3.11. The Morgan fingerprint density at radius 1 is 1.42 bits per heavy atom. The molecule has 0 spiro atoms. The number of aryl methyl sites for hydroxylation is 1. The van der Waals surface area contributed by atoms with E-state index in [9.17, 15) is 4.79 Å². The van der Waals surface area contributed by atoms with E-state index >= 15 is 0 Å². The molecule has 0 saturated heterocycles. The second-order valence-electron chi connectivity index (χ2n) is 4.13. The van der Waals surface area contributed by atoms with Crippen molar-refractivity contribution in [1.82, 2.24) is 10.3 Å². The number of hydrogen-bond donors (Lipinski definition) is 1. The van der Waals surface area contributed by atoms with Crippen LogP contribution in [0.3, 0.4) is 0 Å². The second kappa shape index (κ2) is 7.31. The van der Waals surface area contributed by atoms with Crippen LogP contribution in [-0.4, -0.2) is 23.2 Å². The highest BCUT2D eigenvalue weighted by atomic mass is 32.2. The fourth-order valence-electron chi connectivity index (χ4n) is 1.51. The van der Waals surface area contributed by atoms with E-state index in [1.807, 2.05) is 24.8 Å². The minimum absolute atomic E-state index is 0.0522. The van der Waals surface area contributed by atoms with Crippen molar-refractivity contribution in [2.75, 3.05) is 12.3 Å². The van der Waals surface area contributed by atoms with Crippen LogP contribution in [0.15, 0.2) is 35.2 Å². The number of amides is 1. The van der Waals surface area contributed by atoms with Gasteiger partial charge >= 0.3 is 0 Å². The lowest BCUT2D eigenvalue weighted by Crippen LogP contribution is -2.25. The van der Waals surface area contributed by atoms with Gasteiger partial charge in [0.1, 0.15) is 0 Å². The third-order valence-corrected chi connectivity index (χ3v) is 4.32. The normalized spacial score (nSPS) is 10.4. The quantitative estimate of drug-likeness (QED) is 0.832. The Labute approximate surface area is 121 Å². The molecule has 2 heterocycles. The standard InChI is InChI=1S/C14H16N2OS2/c1-11-2-3-13(8-16-11)14(17)15-5-7-19-10-12-4-6-18-9-12/h2-4,6,8-9H,5,7,10H2,1H3,(H,15,17). The average molecular weight is 292 g/mol. The van der Waals surface area contributed by atoms with Crippen molar-refractivity contribution in [3.8, 4) is 0 Å². The molecule has 0 saturated carbocycles. The van der Waals surface area contributed by atoms with Crippen LogP contribution in [0.4, 0.5) is 0 Å². The zero-order chi connectivity index (χ0) is 13.5. The Morgan fingerprint density at radius 3 is 3.00 bits per heavy atom. The molecular formula is C14H16N2OS2. The molecule has 0 aromatic carbocycles. The third kappa shape index (κ3) is 4.69. The summed E-state index contributed by atoms with van der Waals surface area (Å²) in [6, 6.07) is 5.78. The molecule has 19 heavy (non-hydrogen) atoms. The van der Waals surface area contributed by atoms with E-state index in [1.165, 1.54) is 5.56 Å². The third-order valence-electron chi connectivity index (χ3n) is 2.55. The van der Waals surface area contributed by atoms with Crippen molar-refractivity contribution in [3.05, 3.63) is 52.0 Å². The lowest BCUT2D eigenvalue weighted by Gasteiger charge is -2.05. The number of thioether (sulfide) groups is 1. The van der Waals surface area contributed by atoms with Gasteiger partial charge in [0.2, 0.25) is 0 Å². The van der Waals surface area contributed by atoms with Crippen LogP contribution in [0, 0.1) is 6.92 Å². The SMILES string of the molecule is Cc1ccc(C(=O)NCCSCc2ccsc2)cn1. The zero-order valence-electron chi connectivity index (χ0n) is 10.8. The highest BCUT2D eigenvalue weighted by Gasteiger charge is 2.04. The molecule has 100 valence electrons. The van der Waals surface area contributed by atoms with Gasteiger partial charge in [0, 0.05) is 29.9 Å². The average Bonchev–Trinajstić information content (AvgIpc) is 2.92. The molecule has 0 fully saturated rings. The number of hydrogen-bond acceptors (Lipinski definition) is 4. The molecule has 1 amide bonds. The van der Waals surface area contributed by atoms with Crippen LogP contribution in [-0.2, 0) is 5.75 Å². The van der Waals surface area contributed by atoms with Crippen LogP contribution in [0.2, 0.25) is 0 Å². The zero-order valence-corrected chi connectivity index (χ0v) is 12.4. The van der Waals surface area contributed by atoms with Crippen molar-refractivity contribution in [3.63, 3.8) is 0 Å². The van der Waals surface area contributed by atoms with Crippen molar-refractivity contribution in [1.29, 1.82) is 0 Å². The summed E-state index contributed by atoms with van der Waals surface area (Å²) in [6.45, 7) is 2.59. The van der Waals surface area contributed by atoms with Crippen molar-refractivity contribution < 1.29 is 4.79 Å². The molecule has 0 unspecified atom stereocenters. The van der Waals surface area contributed by atoms with Gasteiger partial charge in [0.05, 0.1) is 5.56 Å². The van der Waals surface area contributed by atoms with Crippen molar-refractivity contribution in [2.24, 2.45) is 0 Å². The fraction of sp³-hybridized carbons (Fsp3) is 0.286. The lowest BCUT2D eigenvalue weighted by atomic mass is 10.2. The maximum absolute atomic E-state index is 11.8. The van der Waals surface area contributed by atoms with Gasteiger partial charge in [-0.25, -0.2) is 0 Å². The number of carbonyl (C=O) groups is 1. The van der Waals surface area contributed by atoms with Crippen molar-refractivity contribution >= 4 is 29.0 Å². The smallest absolute Gasteiger partial charge is 0.252 e. The van der Waals surface area contributed by atoms with Gasteiger partial charge in [-0.3, -0.25) is 9.78 Å². The molecule has 5 heteroatoms. The highest BCUT2D eigenvalue weighted by molar-refractivity contribution is 7.98. The summed E-state index contributed by atoms with van der Waals surface area (Å²) in [5.74, 6) is 1.87. The summed E-state index contributed by atoms with van der Waals surface area (Å²) in [6.07, 6.45) is 1.61. The monoisotopic (exact) mass is 292 g/mol. The number of pyridine rings is 1. The van der Waals surface area contributed by atoms with E-state index in [1.54, 1.807) is 23.6 Å². The lowest BCUT2D eigenvalue weighted by molar-refractivity contribution is 0.0956. The first-order valence-electron chi connectivity index (χ1n) is 6.05. The van der Waals surface area contributed by atoms with Crippen LogP contribution >= 0.6 is 23.1 Å².